The Morgan fingerprint density at radius 3 is 2.52 bits per heavy atom. The third kappa shape index (κ3) is 4.74. The van der Waals surface area contributed by atoms with Crippen LogP contribution in [0.3, 0.4) is 0 Å². The molecule has 0 bridgehead atoms. The van der Waals surface area contributed by atoms with Gasteiger partial charge in [0.2, 0.25) is 5.91 Å². The molecule has 0 fully saturated rings. The summed E-state index contributed by atoms with van der Waals surface area (Å²) in [7, 11) is 3.14. The van der Waals surface area contributed by atoms with Crippen molar-refractivity contribution in [1.82, 2.24) is 0 Å². The van der Waals surface area contributed by atoms with Crippen molar-refractivity contribution in [1.29, 1.82) is 0 Å². The Labute approximate surface area is 148 Å². The average molecular weight is 397 g/mol. The minimum atomic E-state index is -0.274. The maximum atomic E-state index is 12.0. The van der Waals surface area contributed by atoms with Gasteiger partial charge in [-0.2, -0.15) is 0 Å². The molecular formula is C17H15BrClNO3. The van der Waals surface area contributed by atoms with Crippen molar-refractivity contribution in [3.8, 4) is 11.5 Å². The molecule has 2 aromatic rings. The largest absolute Gasteiger partial charge is 0.493 e. The summed E-state index contributed by atoms with van der Waals surface area (Å²) in [5.41, 5.74) is 1.37. The van der Waals surface area contributed by atoms with Gasteiger partial charge in [0.05, 0.1) is 24.9 Å². The van der Waals surface area contributed by atoms with E-state index in [4.69, 9.17) is 21.1 Å². The first-order valence-electron chi connectivity index (χ1n) is 6.69. The predicted molar refractivity (Wildman–Crippen MR) is 96.4 cm³/mol. The summed E-state index contributed by atoms with van der Waals surface area (Å²) < 4.78 is 11.2. The summed E-state index contributed by atoms with van der Waals surface area (Å²) in [6.45, 7) is 0. The zero-order chi connectivity index (χ0) is 16.8. The minimum absolute atomic E-state index is 0.274. The van der Waals surface area contributed by atoms with Crippen LogP contribution in [0, 0.1) is 0 Å². The number of ether oxygens (including phenoxy) is 2. The summed E-state index contributed by atoms with van der Waals surface area (Å²) in [5, 5.41) is 3.19. The molecule has 0 aliphatic carbocycles. The fraction of sp³-hybridized carbons (Fsp3) is 0.118. The van der Waals surface area contributed by atoms with Crippen molar-refractivity contribution in [3.05, 3.63) is 57.5 Å². The van der Waals surface area contributed by atoms with E-state index >= 15 is 0 Å². The Bertz CT molecular complexity index is 747. The van der Waals surface area contributed by atoms with Crippen LogP contribution in [0.5, 0.6) is 11.5 Å². The molecule has 0 aliphatic heterocycles. The maximum absolute atomic E-state index is 12.0. The predicted octanol–water partition coefficient (Wildman–Crippen LogP) is 4.77. The second-order valence-electron chi connectivity index (χ2n) is 4.56. The summed E-state index contributed by atoms with van der Waals surface area (Å²) in [6.07, 6.45) is 3.11. The molecule has 23 heavy (non-hydrogen) atoms. The van der Waals surface area contributed by atoms with Crippen LogP contribution in [0.15, 0.2) is 46.9 Å². The molecule has 0 saturated heterocycles. The van der Waals surface area contributed by atoms with Gasteiger partial charge in [0.25, 0.3) is 0 Å². The van der Waals surface area contributed by atoms with Crippen LogP contribution < -0.4 is 14.8 Å². The Kier molecular flexibility index (Phi) is 6.07. The van der Waals surface area contributed by atoms with E-state index in [9.17, 15) is 4.79 Å². The van der Waals surface area contributed by atoms with E-state index in [1.54, 1.807) is 50.6 Å². The number of hydrogen-bond donors (Lipinski definition) is 1. The van der Waals surface area contributed by atoms with Crippen LogP contribution in [0.4, 0.5) is 5.69 Å². The van der Waals surface area contributed by atoms with Crippen molar-refractivity contribution in [2.75, 3.05) is 19.5 Å². The fourth-order valence-corrected chi connectivity index (χ4v) is 2.61. The molecule has 2 rings (SSSR count). The lowest BCUT2D eigenvalue weighted by atomic mass is 10.2. The van der Waals surface area contributed by atoms with Crippen molar-refractivity contribution >= 4 is 45.2 Å². The van der Waals surface area contributed by atoms with Crippen LogP contribution in [-0.2, 0) is 4.79 Å². The molecule has 4 nitrogen and oxygen atoms in total. The van der Waals surface area contributed by atoms with Gasteiger partial charge in [-0.05, 0) is 42.0 Å². The standard InChI is InChI=1S/C17H15BrClNO3/c1-22-15-7-3-11(9-16(15)23-2)4-8-17(21)20-14-6-5-12(18)10-13(14)19/h3-10H,1-2H3,(H,20,21)/b8-4+. The first-order chi connectivity index (χ1) is 11.0. The van der Waals surface area contributed by atoms with E-state index in [2.05, 4.69) is 21.2 Å². The number of benzene rings is 2. The summed E-state index contributed by atoms with van der Waals surface area (Å²) >= 11 is 9.38. The van der Waals surface area contributed by atoms with Crippen LogP contribution >= 0.6 is 27.5 Å². The topological polar surface area (TPSA) is 47.6 Å². The highest BCUT2D eigenvalue weighted by atomic mass is 79.9. The smallest absolute Gasteiger partial charge is 0.248 e. The number of anilines is 1. The zero-order valence-corrected chi connectivity index (χ0v) is 14.9. The van der Waals surface area contributed by atoms with Crippen LogP contribution in [0.1, 0.15) is 5.56 Å². The molecule has 0 heterocycles. The maximum Gasteiger partial charge on any atom is 0.248 e. The molecule has 0 atom stereocenters. The van der Waals surface area contributed by atoms with E-state index < -0.39 is 0 Å². The Morgan fingerprint density at radius 1 is 1.13 bits per heavy atom. The molecule has 0 radical (unpaired) electrons. The van der Waals surface area contributed by atoms with Gasteiger partial charge in [0, 0.05) is 10.5 Å². The number of amides is 1. The number of carbonyl (C=O) groups excluding carboxylic acids is 1. The van der Waals surface area contributed by atoms with Gasteiger partial charge in [-0.3, -0.25) is 4.79 Å². The van der Waals surface area contributed by atoms with Gasteiger partial charge in [-0.25, -0.2) is 0 Å². The highest BCUT2D eigenvalue weighted by molar-refractivity contribution is 9.10. The number of rotatable bonds is 5. The van der Waals surface area contributed by atoms with Gasteiger partial charge in [-0.1, -0.05) is 33.6 Å². The van der Waals surface area contributed by atoms with E-state index in [1.165, 1.54) is 6.08 Å². The molecule has 0 aliphatic rings. The molecule has 2 aromatic carbocycles. The monoisotopic (exact) mass is 395 g/mol. The van der Waals surface area contributed by atoms with Crippen LogP contribution in [0.2, 0.25) is 5.02 Å². The second kappa shape index (κ2) is 8.04. The van der Waals surface area contributed by atoms with E-state index in [1.807, 2.05) is 6.07 Å². The SMILES string of the molecule is COc1ccc(/C=C/C(=O)Nc2ccc(Br)cc2Cl)cc1OC. The highest BCUT2D eigenvalue weighted by Crippen LogP contribution is 2.28. The second-order valence-corrected chi connectivity index (χ2v) is 5.88. The molecule has 0 spiro atoms. The third-order valence-corrected chi connectivity index (χ3v) is 3.83. The Hall–Kier alpha value is -1.98. The van der Waals surface area contributed by atoms with Crippen molar-refractivity contribution in [2.24, 2.45) is 0 Å². The summed E-state index contributed by atoms with van der Waals surface area (Å²) in [6, 6.07) is 10.7. The number of hydrogen-bond acceptors (Lipinski definition) is 3. The van der Waals surface area contributed by atoms with Gasteiger partial charge in [0.1, 0.15) is 0 Å². The quantitative estimate of drug-likeness (QED) is 0.741. The molecule has 0 unspecified atom stereocenters. The summed E-state index contributed by atoms with van der Waals surface area (Å²) in [5.74, 6) is 0.964. The van der Waals surface area contributed by atoms with Crippen LogP contribution in [-0.4, -0.2) is 20.1 Å². The lowest BCUT2D eigenvalue weighted by Crippen LogP contribution is -2.08. The normalized spacial score (nSPS) is 10.6. The molecule has 0 saturated carbocycles. The number of methoxy groups -OCH3 is 2. The molecule has 0 aromatic heterocycles. The number of carbonyl (C=O) groups is 1. The van der Waals surface area contributed by atoms with Crippen molar-refractivity contribution in [2.45, 2.75) is 0 Å². The van der Waals surface area contributed by atoms with E-state index in [0.29, 0.717) is 22.2 Å². The van der Waals surface area contributed by atoms with Gasteiger partial charge in [0.15, 0.2) is 11.5 Å². The lowest BCUT2D eigenvalue weighted by Gasteiger charge is -2.08. The Balaban J connectivity index is 2.09. The molecular weight excluding hydrogens is 382 g/mol. The van der Waals surface area contributed by atoms with Crippen LogP contribution in [0.25, 0.3) is 6.08 Å². The highest BCUT2D eigenvalue weighted by Gasteiger charge is 2.05. The summed E-state index contributed by atoms with van der Waals surface area (Å²) in [4.78, 5) is 12.0. The van der Waals surface area contributed by atoms with Gasteiger partial charge >= 0.3 is 0 Å². The van der Waals surface area contributed by atoms with E-state index in [-0.39, 0.29) is 5.91 Å². The molecule has 6 heteroatoms. The Morgan fingerprint density at radius 2 is 1.87 bits per heavy atom. The zero-order valence-electron chi connectivity index (χ0n) is 12.6. The first kappa shape index (κ1) is 17.4. The van der Waals surface area contributed by atoms with Crippen molar-refractivity contribution < 1.29 is 14.3 Å². The fourth-order valence-electron chi connectivity index (χ4n) is 1.89. The molecule has 1 amide bonds. The van der Waals surface area contributed by atoms with Crippen molar-refractivity contribution in [3.63, 3.8) is 0 Å². The molecule has 120 valence electrons. The number of nitrogens with one attached hydrogen (secondary N) is 1. The van der Waals surface area contributed by atoms with Gasteiger partial charge in [-0.15, -0.1) is 0 Å². The van der Waals surface area contributed by atoms with Gasteiger partial charge < -0.3 is 14.8 Å². The third-order valence-electron chi connectivity index (χ3n) is 3.02. The molecule has 1 N–H and O–H groups in total. The minimum Gasteiger partial charge on any atom is -0.493 e. The first-order valence-corrected chi connectivity index (χ1v) is 7.86. The average Bonchev–Trinajstić information content (AvgIpc) is 2.55. The number of halogens is 2. The lowest BCUT2D eigenvalue weighted by molar-refractivity contribution is -0.111. The van der Waals surface area contributed by atoms with E-state index in [0.717, 1.165) is 10.0 Å².